The molecule has 2 rings (SSSR count). The molecule has 1 aromatic rings. The van der Waals surface area contributed by atoms with Gasteiger partial charge in [0.25, 0.3) is 0 Å². The van der Waals surface area contributed by atoms with Gasteiger partial charge in [-0.25, -0.2) is 13.1 Å². The van der Waals surface area contributed by atoms with E-state index in [-0.39, 0.29) is 6.54 Å². The Bertz CT molecular complexity index is 596. The van der Waals surface area contributed by atoms with Gasteiger partial charge in [-0.15, -0.1) is 0 Å². The number of benzene rings is 1. The van der Waals surface area contributed by atoms with Crippen LogP contribution in [0.25, 0.3) is 0 Å². The van der Waals surface area contributed by atoms with Crippen molar-refractivity contribution < 1.29 is 17.9 Å². The van der Waals surface area contributed by atoms with E-state index in [0.717, 1.165) is 16.7 Å². The molecule has 0 radical (unpaired) electrons. The average Bonchev–Trinajstić information content (AvgIpc) is 2.73. The highest BCUT2D eigenvalue weighted by Crippen LogP contribution is 2.24. The van der Waals surface area contributed by atoms with Crippen molar-refractivity contribution >= 4 is 10.0 Å². The molecule has 1 aliphatic heterocycles. The van der Waals surface area contributed by atoms with Gasteiger partial charge >= 0.3 is 0 Å². The van der Waals surface area contributed by atoms with Crippen molar-refractivity contribution in [2.24, 2.45) is 0 Å². The summed E-state index contributed by atoms with van der Waals surface area (Å²) < 4.78 is 38.5. The topological polar surface area (TPSA) is 64.6 Å². The van der Waals surface area contributed by atoms with Gasteiger partial charge < -0.3 is 9.47 Å². The molecular weight excluding hydrogens is 290 g/mol. The minimum absolute atomic E-state index is 0.283. The number of aryl methyl sites for hydroxylation is 3. The Morgan fingerprint density at radius 3 is 2.19 bits per heavy atom. The van der Waals surface area contributed by atoms with E-state index in [9.17, 15) is 8.42 Å². The minimum atomic E-state index is -3.52. The summed E-state index contributed by atoms with van der Waals surface area (Å²) in [5.74, 6) is -0.681. The van der Waals surface area contributed by atoms with E-state index in [1.807, 2.05) is 39.8 Å². The van der Waals surface area contributed by atoms with Gasteiger partial charge in [-0.1, -0.05) is 17.7 Å². The second kappa shape index (κ2) is 6.04. The SMILES string of the molecule is Cc1cc(C)c(S(=O)(=O)NCCC2(C)OCCO2)c(C)c1. The highest BCUT2D eigenvalue weighted by Gasteiger charge is 2.31. The van der Waals surface area contributed by atoms with E-state index in [4.69, 9.17) is 9.47 Å². The molecule has 21 heavy (non-hydrogen) atoms. The molecule has 0 aliphatic carbocycles. The van der Waals surface area contributed by atoms with Gasteiger partial charge in [0, 0.05) is 13.0 Å². The van der Waals surface area contributed by atoms with E-state index in [1.165, 1.54) is 0 Å². The van der Waals surface area contributed by atoms with Crippen molar-refractivity contribution in [3.8, 4) is 0 Å². The van der Waals surface area contributed by atoms with Crippen molar-refractivity contribution in [3.63, 3.8) is 0 Å². The standard InChI is InChI=1S/C15H23NO4S/c1-11-9-12(2)14(13(3)10-11)21(17,18)16-6-5-15(4)19-7-8-20-15/h9-10,16H,5-8H2,1-4H3. The van der Waals surface area contributed by atoms with Gasteiger partial charge in [0.2, 0.25) is 10.0 Å². The number of nitrogens with one attached hydrogen (secondary N) is 1. The molecule has 0 amide bonds. The molecule has 0 unspecified atom stereocenters. The van der Waals surface area contributed by atoms with E-state index < -0.39 is 15.8 Å². The third kappa shape index (κ3) is 3.83. The molecule has 0 spiro atoms. The quantitative estimate of drug-likeness (QED) is 0.903. The lowest BCUT2D eigenvalue weighted by Gasteiger charge is -2.22. The van der Waals surface area contributed by atoms with Crippen molar-refractivity contribution in [2.75, 3.05) is 19.8 Å². The molecule has 1 fully saturated rings. The molecule has 6 heteroatoms. The molecule has 1 aliphatic rings. The van der Waals surface area contributed by atoms with Crippen LogP contribution >= 0.6 is 0 Å². The van der Waals surface area contributed by atoms with Gasteiger partial charge in [0.05, 0.1) is 18.1 Å². The maximum absolute atomic E-state index is 12.5. The molecule has 0 saturated carbocycles. The Morgan fingerprint density at radius 1 is 1.14 bits per heavy atom. The van der Waals surface area contributed by atoms with E-state index in [1.54, 1.807) is 0 Å². The maximum atomic E-state index is 12.5. The Labute approximate surface area is 126 Å². The fourth-order valence-electron chi connectivity index (χ4n) is 2.78. The Kier molecular flexibility index (Phi) is 4.72. The summed E-state index contributed by atoms with van der Waals surface area (Å²) in [4.78, 5) is 0.367. The Balaban J connectivity index is 2.09. The molecular formula is C15H23NO4S. The van der Waals surface area contributed by atoms with Crippen LogP contribution in [-0.4, -0.2) is 34.0 Å². The monoisotopic (exact) mass is 313 g/mol. The zero-order chi connectivity index (χ0) is 15.7. The Morgan fingerprint density at radius 2 is 1.67 bits per heavy atom. The first-order valence-corrected chi connectivity index (χ1v) is 8.57. The van der Waals surface area contributed by atoms with E-state index >= 15 is 0 Å². The molecule has 1 N–H and O–H groups in total. The number of ether oxygens (including phenoxy) is 2. The lowest BCUT2D eigenvalue weighted by Crippen LogP contribution is -2.34. The minimum Gasteiger partial charge on any atom is -0.348 e. The van der Waals surface area contributed by atoms with Gasteiger partial charge in [-0.05, 0) is 38.8 Å². The second-order valence-electron chi connectivity index (χ2n) is 5.71. The van der Waals surface area contributed by atoms with Crippen LogP contribution in [0.2, 0.25) is 0 Å². The van der Waals surface area contributed by atoms with Crippen molar-refractivity contribution in [3.05, 3.63) is 28.8 Å². The maximum Gasteiger partial charge on any atom is 0.241 e. The highest BCUT2D eigenvalue weighted by molar-refractivity contribution is 7.89. The smallest absolute Gasteiger partial charge is 0.241 e. The first-order chi connectivity index (χ1) is 9.73. The summed E-state index contributed by atoms with van der Waals surface area (Å²) in [7, 11) is -3.52. The summed E-state index contributed by atoms with van der Waals surface area (Å²) in [6.07, 6.45) is 0.482. The largest absolute Gasteiger partial charge is 0.348 e. The molecule has 1 saturated heterocycles. The van der Waals surface area contributed by atoms with E-state index in [2.05, 4.69) is 4.72 Å². The predicted molar refractivity (Wildman–Crippen MR) is 80.8 cm³/mol. The summed E-state index contributed by atoms with van der Waals surface area (Å²) in [6, 6.07) is 3.76. The van der Waals surface area contributed by atoms with Crippen molar-refractivity contribution in [1.82, 2.24) is 4.72 Å². The lowest BCUT2D eigenvalue weighted by molar-refractivity contribution is -0.145. The predicted octanol–water partition coefficient (Wildman–Crippen LogP) is 2.04. The van der Waals surface area contributed by atoms with Crippen LogP contribution in [0.4, 0.5) is 0 Å². The molecule has 1 heterocycles. The molecule has 0 bridgehead atoms. The van der Waals surface area contributed by atoms with Gasteiger partial charge in [-0.3, -0.25) is 0 Å². The van der Waals surface area contributed by atoms with Crippen LogP contribution in [-0.2, 0) is 19.5 Å². The average molecular weight is 313 g/mol. The molecule has 118 valence electrons. The van der Waals surface area contributed by atoms with Crippen LogP contribution < -0.4 is 4.72 Å². The van der Waals surface area contributed by atoms with Crippen LogP contribution in [0.5, 0.6) is 0 Å². The zero-order valence-corrected chi connectivity index (χ0v) is 13.8. The third-order valence-corrected chi connectivity index (χ3v) is 5.41. The zero-order valence-electron chi connectivity index (χ0n) is 13.0. The molecule has 0 aromatic heterocycles. The molecule has 1 aromatic carbocycles. The fraction of sp³-hybridized carbons (Fsp3) is 0.600. The van der Waals surface area contributed by atoms with Gasteiger partial charge in [-0.2, -0.15) is 0 Å². The number of hydrogen-bond donors (Lipinski definition) is 1. The molecule has 5 nitrogen and oxygen atoms in total. The number of hydrogen-bond acceptors (Lipinski definition) is 4. The van der Waals surface area contributed by atoms with Crippen LogP contribution in [0.3, 0.4) is 0 Å². The van der Waals surface area contributed by atoms with Gasteiger partial charge in [0.1, 0.15) is 0 Å². The summed E-state index contributed by atoms with van der Waals surface area (Å²) in [5.41, 5.74) is 2.59. The highest BCUT2D eigenvalue weighted by atomic mass is 32.2. The van der Waals surface area contributed by atoms with Crippen LogP contribution in [0.1, 0.15) is 30.0 Å². The number of sulfonamides is 1. The summed E-state index contributed by atoms with van der Waals surface area (Å²) in [5, 5.41) is 0. The van der Waals surface area contributed by atoms with Crippen molar-refractivity contribution in [1.29, 1.82) is 0 Å². The summed E-state index contributed by atoms with van der Waals surface area (Å²) in [6.45, 7) is 8.82. The Hall–Kier alpha value is -0.950. The lowest BCUT2D eigenvalue weighted by atomic mass is 10.1. The first kappa shape index (κ1) is 16.4. The first-order valence-electron chi connectivity index (χ1n) is 7.09. The van der Waals surface area contributed by atoms with Crippen LogP contribution in [0, 0.1) is 20.8 Å². The molecule has 0 atom stereocenters. The van der Waals surface area contributed by atoms with Crippen LogP contribution in [0.15, 0.2) is 17.0 Å². The number of rotatable bonds is 5. The van der Waals surface area contributed by atoms with E-state index in [0.29, 0.717) is 24.5 Å². The summed E-state index contributed by atoms with van der Waals surface area (Å²) >= 11 is 0. The second-order valence-corrected chi connectivity index (χ2v) is 7.41. The van der Waals surface area contributed by atoms with Gasteiger partial charge in [0.15, 0.2) is 5.79 Å². The third-order valence-electron chi connectivity index (χ3n) is 3.64. The normalized spacial score (nSPS) is 18.1. The fourth-order valence-corrected chi connectivity index (χ4v) is 4.26. The van der Waals surface area contributed by atoms with Crippen molar-refractivity contribution in [2.45, 2.75) is 44.8 Å².